The Morgan fingerprint density at radius 1 is 1.19 bits per heavy atom. The molecule has 2 aliphatic heterocycles. The number of aromatic nitrogens is 2. The van der Waals surface area contributed by atoms with Crippen LogP contribution in [-0.4, -0.2) is 84.7 Å². The molecule has 0 saturated carbocycles. The number of benzene rings is 1. The molecule has 4 rings (SSSR count). The highest BCUT2D eigenvalue weighted by molar-refractivity contribution is 7.89. The fourth-order valence-corrected chi connectivity index (χ4v) is 6.27. The van der Waals surface area contributed by atoms with E-state index in [1.54, 1.807) is 22.5 Å². The lowest BCUT2D eigenvalue weighted by Gasteiger charge is -2.32. The first-order valence-electron chi connectivity index (χ1n) is 11.0. The molecular weight excluding hydrogens is 414 g/mol. The first-order chi connectivity index (χ1) is 14.9. The maximum absolute atomic E-state index is 13.6. The Hall–Kier alpha value is -1.94. The number of likely N-dealkylation sites (N-methyl/N-ethyl adjacent to an activating group) is 1. The Morgan fingerprint density at radius 3 is 2.71 bits per heavy atom. The van der Waals surface area contributed by atoms with Gasteiger partial charge in [0.05, 0.1) is 12.2 Å². The zero-order valence-electron chi connectivity index (χ0n) is 18.6. The zero-order chi connectivity index (χ0) is 22.0. The number of fused-ring (bicyclic) bond motifs is 2. The predicted molar refractivity (Wildman–Crippen MR) is 120 cm³/mol. The largest absolute Gasteiger partial charge is 0.487 e. The molecule has 9 heteroatoms. The van der Waals surface area contributed by atoms with Gasteiger partial charge in [0.2, 0.25) is 10.0 Å². The number of hydrogen-bond acceptors (Lipinski definition) is 6. The average molecular weight is 448 g/mol. The Morgan fingerprint density at radius 2 is 1.97 bits per heavy atom. The van der Waals surface area contributed by atoms with Gasteiger partial charge in [0.1, 0.15) is 16.7 Å². The number of hydrogen-bond donors (Lipinski definition) is 0. The molecule has 0 radical (unpaired) electrons. The number of likely N-dealkylation sites (tertiary alicyclic amines) is 1. The molecule has 2 aromatic rings. The van der Waals surface area contributed by atoms with Gasteiger partial charge in [0.15, 0.2) is 0 Å². The highest BCUT2D eigenvalue weighted by Crippen LogP contribution is 2.36. The molecule has 1 aromatic carbocycles. The molecule has 0 amide bonds. The zero-order valence-corrected chi connectivity index (χ0v) is 19.5. The van der Waals surface area contributed by atoms with Crippen molar-refractivity contribution >= 4 is 10.0 Å². The Labute approximate surface area is 185 Å². The summed E-state index contributed by atoms with van der Waals surface area (Å²) >= 11 is 0. The van der Waals surface area contributed by atoms with Crippen LogP contribution in [0.4, 0.5) is 0 Å². The third kappa shape index (κ3) is 4.79. The van der Waals surface area contributed by atoms with Crippen LogP contribution in [0.1, 0.15) is 25.3 Å². The highest BCUT2D eigenvalue weighted by Gasteiger charge is 2.43. The van der Waals surface area contributed by atoms with Gasteiger partial charge in [-0.05, 0) is 46.0 Å². The summed E-state index contributed by atoms with van der Waals surface area (Å²) in [5.41, 5.74) is 1.19. The van der Waals surface area contributed by atoms with Crippen LogP contribution in [-0.2, 0) is 23.1 Å². The number of sulfonamides is 1. The Bertz CT molecular complexity index is 991. The number of rotatable bonds is 6. The summed E-state index contributed by atoms with van der Waals surface area (Å²) in [4.78, 5) is 4.69. The van der Waals surface area contributed by atoms with Gasteiger partial charge in [0.25, 0.3) is 0 Å². The molecule has 0 N–H and O–H groups in total. The fraction of sp³-hybridized carbons (Fsp3) is 0.591. The maximum Gasteiger partial charge on any atom is 0.247 e. The van der Waals surface area contributed by atoms with Crippen molar-refractivity contribution in [3.63, 3.8) is 0 Å². The van der Waals surface area contributed by atoms with Gasteiger partial charge in [-0.25, -0.2) is 8.42 Å². The van der Waals surface area contributed by atoms with Gasteiger partial charge in [-0.3, -0.25) is 9.58 Å². The quantitative estimate of drug-likeness (QED) is 0.674. The minimum Gasteiger partial charge on any atom is -0.487 e. The minimum absolute atomic E-state index is 0.163. The van der Waals surface area contributed by atoms with Crippen molar-refractivity contribution in [2.24, 2.45) is 0 Å². The second-order valence-corrected chi connectivity index (χ2v) is 10.5. The molecule has 1 saturated heterocycles. The van der Waals surface area contributed by atoms with E-state index in [4.69, 9.17) is 4.74 Å². The summed E-state index contributed by atoms with van der Waals surface area (Å²) in [5, 5.41) is 4.38. The lowest BCUT2D eigenvalue weighted by atomic mass is 10.1. The molecule has 0 aliphatic carbocycles. The average Bonchev–Trinajstić information content (AvgIpc) is 3.07. The van der Waals surface area contributed by atoms with Crippen LogP contribution in [0.5, 0.6) is 5.75 Å². The van der Waals surface area contributed by atoms with Gasteiger partial charge in [-0.2, -0.15) is 9.40 Å². The van der Waals surface area contributed by atoms with Gasteiger partial charge >= 0.3 is 0 Å². The molecule has 0 unspecified atom stereocenters. The molecule has 2 aliphatic rings. The molecule has 0 bridgehead atoms. The van der Waals surface area contributed by atoms with Crippen molar-refractivity contribution in [3.05, 3.63) is 42.2 Å². The van der Waals surface area contributed by atoms with Crippen molar-refractivity contribution < 1.29 is 13.2 Å². The summed E-state index contributed by atoms with van der Waals surface area (Å²) in [7, 11) is 0.312. The van der Waals surface area contributed by atoms with Crippen LogP contribution < -0.4 is 4.74 Å². The van der Waals surface area contributed by atoms with E-state index in [1.807, 2.05) is 35.9 Å². The topological polar surface area (TPSA) is 70.9 Å². The van der Waals surface area contributed by atoms with E-state index in [1.165, 1.54) is 5.56 Å². The third-order valence-corrected chi connectivity index (χ3v) is 8.13. The Balaban J connectivity index is 1.59. The van der Waals surface area contributed by atoms with Crippen LogP contribution in [0.2, 0.25) is 0 Å². The molecule has 170 valence electrons. The van der Waals surface area contributed by atoms with Gasteiger partial charge in [-0.15, -0.1) is 0 Å². The second kappa shape index (κ2) is 9.28. The number of nitrogens with zero attached hydrogens (tertiary/aromatic N) is 5. The van der Waals surface area contributed by atoms with Crippen LogP contribution in [0.25, 0.3) is 0 Å². The Kier molecular flexibility index (Phi) is 6.66. The van der Waals surface area contributed by atoms with Crippen molar-refractivity contribution in [1.29, 1.82) is 0 Å². The summed E-state index contributed by atoms with van der Waals surface area (Å²) in [5.74, 6) is 0.475. The van der Waals surface area contributed by atoms with E-state index in [0.717, 1.165) is 39.0 Å². The first-order valence-corrected chi connectivity index (χ1v) is 12.5. The normalized spacial score (nSPS) is 24.1. The molecule has 1 aromatic heterocycles. The molecule has 8 nitrogen and oxygen atoms in total. The van der Waals surface area contributed by atoms with Crippen molar-refractivity contribution in [2.75, 3.05) is 40.3 Å². The van der Waals surface area contributed by atoms with E-state index >= 15 is 0 Å². The summed E-state index contributed by atoms with van der Waals surface area (Å²) in [6.45, 7) is 6.57. The van der Waals surface area contributed by atoms with Crippen molar-refractivity contribution in [3.8, 4) is 5.75 Å². The van der Waals surface area contributed by atoms with Crippen LogP contribution in [0.3, 0.4) is 0 Å². The SMILES string of the molecule is CCn1cc(CN2CC[C@@H]3Oc4ccccc4S(=O)(=O)N(CCN(C)C)[C@H]3CC2)cn1. The molecular formula is C22H33N5O3S. The lowest BCUT2D eigenvalue weighted by molar-refractivity contribution is 0.110. The molecule has 3 heterocycles. The maximum atomic E-state index is 13.6. The van der Waals surface area contributed by atoms with Gasteiger partial charge in [-0.1, -0.05) is 12.1 Å². The van der Waals surface area contributed by atoms with Crippen molar-refractivity contribution in [2.45, 2.75) is 49.9 Å². The van der Waals surface area contributed by atoms with E-state index in [2.05, 4.69) is 23.1 Å². The predicted octanol–water partition coefficient (Wildman–Crippen LogP) is 1.88. The highest BCUT2D eigenvalue weighted by atomic mass is 32.2. The van der Waals surface area contributed by atoms with E-state index < -0.39 is 10.0 Å². The monoisotopic (exact) mass is 447 g/mol. The standard InChI is InChI=1S/C22H33N5O3S/c1-4-26-17-18(15-23-26)16-25-11-9-19-20(10-12-25)30-21-7-5-6-8-22(21)31(28,29)27(19)14-13-24(2)3/h5-8,15,17,19-20H,4,9-14,16H2,1-3H3/t19-,20-/m0/s1. The fourth-order valence-electron chi connectivity index (χ4n) is 4.47. The van der Waals surface area contributed by atoms with E-state index in [9.17, 15) is 8.42 Å². The number of aryl methyl sites for hydroxylation is 1. The summed E-state index contributed by atoms with van der Waals surface area (Å²) in [6.07, 6.45) is 5.38. The first kappa shape index (κ1) is 22.3. The second-order valence-electron chi connectivity index (χ2n) is 8.65. The molecule has 1 fully saturated rings. The summed E-state index contributed by atoms with van der Waals surface area (Å²) in [6, 6.07) is 6.87. The molecule has 2 atom stereocenters. The van der Waals surface area contributed by atoms with E-state index in [0.29, 0.717) is 18.8 Å². The minimum atomic E-state index is -3.63. The third-order valence-electron chi connectivity index (χ3n) is 6.17. The molecule has 0 spiro atoms. The number of ether oxygens (including phenoxy) is 1. The van der Waals surface area contributed by atoms with Gasteiger partial charge in [0, 0.05) is 51.0 Å². The van der Waals surface area contributed by atoms with Crippen molar-refractivity contribution in [1.82, 2.24) is 23.9 Å². The number of para-hydroxylation sites is 1. The van der Waals surface area contributed by atoms with E-state index in [-0.39, 0.29) is 17.0 Å². The van der Waals surface area contributed by atoms with Crippen LogP contribution in [0, 0.1) is 0 Å². The summed E-state index contributed by atoms with van der Waals surface area (Å²) < 4.78 is 37.2. The smallest absolute Gasteiger partial charge is 0.247 e. The van der Waals surface area contributed by atoms with Crippen LogP contribution in [0.15, 0.2) is 41.6 Å². The van der Waals surface area contributed by atoms with Gasteiger partial charge < -0.3 is 9.64 Å². The molecule has 31 heavy (non-hydrogen) atoms. The van der Waals surface area contributed by atoms with Crippen LogP contribution >= 0.6 is 0 Å². The lowest BCUT2D eigenvalue weighted by Crippen LogP contribution is -2.49.